The van der Waals surface area contributed by atoms with Gasteiger partial charge in [-0.05, 0) is 48.4 Å². The Hall–Kier alpha value is -0.403. The third kappa shape index (κ3) is 9.75. The van der Waals surface area contributed by atoms with E-state index in [1.54, 1.807) is 0 Å². The van der Waals surface area contributed by atoms with E-state index < -0.39 is 8.32 Å². The van der Waals surface area contributed by atoms with Crippen LogP contribution in [0, 0.1) is 5.92 Å². The van der Waals surface area contributed by atoms with Gasteiger partial charge in [-0.1, -0.05) is 74.1 Å². The molecule has 0 aliphatic rings. The summed E-state index contributed by atoms with van der Waals surface area (Å²) in [5.41, 5.74) is 1.22. The molecule has 0 heterocycles. The molecule has 0 unspecified atom stereocenters. The highest BCUT2D eigenvalue weighted by Gasteiger charge is 2.39. The zero-order valence-electron chi connectivity index (χ0n) is 17.1. The number of esters is 1. The summed E-state index contributed by atoms with van der Waals surface area (Å²) in [6.45, 7) is 17.8. The number of rotatable bonds is 9. The van der Waals surface area contributed by atoms with E-state index in [1.807, 2.05) is 17.1 Å². The van der Waals surface area contributed by atoms with E-state index >= 15 is 0 Å². The Morgan fingerprint density at radius 2 is 1.84 bits per heavy atom. The average molecular weight is 478 g/mol. The Labute approximate surface area is 169 Å². The summed E-state index contributed by atoms with van der Waals surface area (Å²) in [4.78, 5) is 11.5. The van der Waals surface area contributed by atoms with Crippen LogP contribution in [0.5, 0.6) is 0 Å². The normalized spacial score (nSPS) is 16.4. The number of ether oxygens (including phenoxy) is 1. The molecule has 5 heteroatoms. The Bertz CT molecular complexity index is 502. The van der Waals surface area contributed by atoms with E-state index in [0.29, 0.717) is 13.0 Å². The van der Waals surface area contributed by atoms with Crippen molar-refractivity contribution in [3.63, 3.8) is 0 Å². The first-order chi connectivity index (χ1) is 11.4. The van der Waals surface area contributed by atoms with Gasteiger partial charge in [0.25, 0.3) is 0 Å². The van der Waals surface area contributed by atoms with Crippen molar-refractivity contribution in [2.75, 3.05) is 6.61 Å². The standard InChI is InChI=1S/C20H35IO3Si/c1-9-23-19(22)12-10-11-18(17(3)15-16(2)13-14-21)24-25(7,8)20(4,5)6/h10,12-15,17-18H,9,11H2,1-8H3/b12-10-,14-13-,16-15+/t17-,18-/m0/s1. The molecule has 0 aliphatic heterocycles. The first-order valence-corrected chi connectivity index (χ1v) is 13.1. The molecule has 144 valence electrons. The molecule has 0 spiro atoms. The Balaban J connectivity index is 5.30. The molecule has 2 atom stereocenters. The van der Waals surface area contributed by atoms with Gasteiger partial charge in [0, 0.05) is 6.08 Å². The molecule has 0 aromatic rings. The van der Waals surface area contributed by atoms with E-state index in [9.17, 15) is 4.79 Å². The molecule has 0 N–H and O–H groups in total. The molecule has 3 nitrogen and oxygen atoms in total. The van der Waals surface area contributed by atoms with Gasteiger partial charge in [-0.15, -0.1) is 0 Å². The molecule has 0 amide bonds. The predicted octanol–water partition coefficient (Wildman–Crippen LogP) is 6.42. The maximum absolute atomic E-state index is 11.5. The lowest BCUT2D eigenvalue weighted by Gasteiger charge is -2.40. The molecule has 0 saturated heterocycles. The van der Waals surface area contributed by atoms with Crippen LogP contribution in [-0.2, 0) is 14.0 Å². The van der Waals surface area contributed by atoms with Crippen molar-refractivity contribution in [2.45, 2.75) is 72.2 Å². The molecule has 0 radical (unpaired) electrons. The minimum atomic E-state index is -1.89. The average Bonchev–Trinajstić information content (AvgIpc) is 2.45. The number of halogens is 1. The first-order valence-electron chi connectivity index (χ1n) is 8.91. The van der Waals surface area contributed by atoms with Gasteiger partial charge in [-0.25, -0.2) is 4.79 Å². The molecule has 0 aromatic carbocycles. The second-order valence-corrected chi connectivity index (χ2v) is 13.3. The number of hydrogen-bond donors (Lipinski definition) is 0. The second kappa shape index (κ2) is 11.3. The topological polar surface area (TPSA) is 35.5 Å². The molecule has 25 heavy (non-hydrogen) atoms. The van der Waals surface area contributed by atoms with Crippen molar-refractivity contribution in [3.05, 3.63) is 34.0 Å². The largest absolute Gasteiger partial charge is 0.463 e. The van der Waals surface area contributed by atoms with Gasteiger partial charge in [0.1, 0.15) is 0 Å². The second-order valence-electron chi connectivity index (χ2n) is 7.87. The van der Waals surface area contributed by atoms with Crippen LogP contribution in [0.15, 0.2) is 34.0 Å². The summed E-state index contributed by atoms with van der Waals surface area (Å²) in [7, 11) is -1.89. The van der Waals surface area contributed by atoms with Gasteiger partial charge in [-0.2, -0.15) is 0 Å². The molecular formula is C20H35IO3Si. The number of carbonyl (C=O) groups excluding carboxylic acids is 1. The van der Waals surface area contributed by atoms with Crippen LogP contribution in [-0.4, -0.2) is 27.0 Å². The highest BCUT2D eigenvalue weighted by molar-refractivity contribution is 14.1. The van der Waals surface area contributed by atoms with Crippen molar-refractivity contribution in [1.82, 2.24) is 0 Å². The maximum atomic E-state index is 11.5. The van der Waals surface area contributed by atoms with Crippen LogP contribution in [0.2, 0.25) is 18.1 Å². The Morgan fingerprint density at radius 3 is 2.32 bits per heavy atom. The fourth-order valence-electron chi connectivity index (χ4n) is 2.09. The van der Waals surface area contributed by atoms with E-state index in [-0.39, 0.29) is 23.0 Å². The monoisotopic (exact) mass is 478 g/mol. The summed E-state index contributed by atoms with van der Waals surface area (Å²) >= 11 is 2.23. The fraction of sp³-hybridized carbons (Fsp3) is 0.650. The lowest BCUT2D eigenvalue weighted by atomic mass is 9.99. The van der Waals surface area contributed by atoms with Gasteiger partial charge >= 0.3 is 5.97 Å². The number of allylic oxidation sites excluding steroid dienone is 2. The van der Waals surface area contributed by atoms with Crippen LogP contribution >= 0.6 is 22.6 Å². The summed E-state index contributed by atoms with van der Waals surface area (Å²) in [6, 6.07) is 0. The quantitative estimate of drug-likeness (QED) is 0.126. The van der Waals surface area contributed by atoms with Crippen molar-refractivity contribution in [1.29, 1.82) is 0 Å². The van der Waals surface area contributed by atoms with Crippen molar-refractivity contribution in [2.24, 2.45) is 5.92 Å². The van der Waals surface area contributed by atoms with E-state index in [4.69, 9.17) is 9.16 Å². The molecule has 0 saturated carbocycles. The summed E-state index contributed by atoms with van der Waals surface area (Å²) in [6.07, 6.45) is 8.47. The first kappa shape index (κ1) is 24.6. The highest BCUT2D eigenvalue weighted by atomic mass is 127. The van der Waals surface area contributed by atoms with E-state index in [1.165, 1.54) is 11.6 Å². The van der Waals surface area contributed by atoms with Gasteiger partial charge in [0.15, 0.2) is 8.32 Å². The lowest BCUT2D eigenvalue weighted by molar-refractivity contribution is -0.137. The molecule has 0 fully saturated rings. The van der Waals surface area contributed by atoms with Crippen LogP contribution in [0.4, 0.5) is 0 Å². The minimum absolute atomic E-state index is 0.0455. The highest BCUT2D eigenvalue weighted by Crippen LogP contribution is 2.38. The van der Waals surface area contributed by atoms with Gasteiger partial charge in [-0.3, -0.25) is 0 Å². The third-order valence-electron chi connectivity index (χ3n) is 4.60. The minimum Gasteiger partial charge on any atom is -0.463 e. The molecule has 0 rings (SSSR count). The SMILES string of the molecule is CCOC(=O)/C=C\C[C@H](O[Si](C)(C)C(C)(C)C)[C@@H](C)/C=C(C)/C=C\I. The fourth-order valence-corrected chi connectivity index (χ4v) is 4.08. The molecule has 0 aromatic heterocycles. The zero-order valence-corrected chi connectivity index (χ0v) is 20.2. The molecular weight excluding hydrogens is 443 g/mol. The zero-order chi connectivity index (χ0) is 19.7. The van der Waals surface area contributed by atoms with Crippen molar-refractivity contribution in [3.8, 4) is 0 Å². The predicted molar refractivity (Wildman–Crippen MR) is 119 cm³/mol. The van der Waals surface area contributed by atoms with Crippen molar-refractivity contribution >= 4 is 36.9 Å². The summed E-state index contributed by atoms with van der Waals surface area (Å²) < 4.78 is 13.6. The van der Waals surface area contributed by atoms with Gasteiger partial charge in [0.05, 0.1) is 12.7 Å². The third-order valence-corrected chi connectivity index (χ3v) is 9.46. The van der Waals surface area contributed by atoms with E-state index in [0.717, 1.165) is 0 Å². The van der Waals surface area contributed by atoms with Crippen LogP contribution in [0.25, 0.3) is 0 Å². The van der Waals surface area contributed by atoms with Gasteiger partial charge in [0.2, 0.25) is 0 Å². The summed E-state index contributed by atoms with van der Waals surface area (Å²) in [5, 5.41) is 0.150. The Morgan fingerprint density at radius 1 is 1.24 bits per heavy atom. The maximum Gasteiger partial charge on any atom is 0.330 e. The van der Waals surface area contributed by atoms with Gasteiger partial charge < -0.3 is 9.16 Å². The molecule has 0 bridgehead atoms. The number of hydrogen-bond acceptors (Lipinski definition) is 3. The molecule has 0 aliphatic carbocycles. The summed E-state index contributed by atoms with van der Waals surface area (Å²) in [5.74, 6) is -0.0330. The van der Waals surface area contributed by atoms with Crippen LogP contribution in [0.3, 0.4) is 0 Å². The van der Waals surface area contributed by atoms with E-state index in [2.05, 4.69) is 82.5 Å². The smallest absolute Gasteiger partial charge is 0.330 e. The van der Waals surface area contributed by atoms with Crippen LogP contribution in [0.1, 0.15) is 48.0 Å². The van der Waals surface area contributed by atoms with Crippen molar-refractivity contribution < 1.29 is 14.0 Å². The lowest BCUT2D eigenvalue weighted by Crippen LogP contribution is -2.45. The Kier molecular flexibility index (Phi) is 11.2. The van der Waals surface area contributed by atoms with Crippen LogP contribution < -0.4 is 0 Å². The number of carbonyl (C=O) groups is 1.